The molecule has 1 aromatic rings. The molecule has 1 aliphatic heterocycles. The van der Waals surface area contributed by atoms with E-state index in [4.69, 9.17) is 0 Å². The number of rotatable bonds is 1. The second kappa shape index (κ2) is 3.46. The second-order valence-electron chi connectivity index (χ2n) is 3.75. The number of benzene rings is 1. The number of aliphatic hydroxyl groups excluding tert-OH is 1. The summed E-state index contributed by atoms with van der Waals surface area (Å²) in [5, 5.41) is 9.61. The van der Waals surface area contributed by atoms with Crippen molar-refractivity contribution < 1.29 is 5.11 Å². The molecule has 14 heavy (non-hydrogen) atoms. The van der Waals surface area contributed by atoms with Gasteiger partial charge in [0.1, 0.15) is 6.23 Å². The number of aliphatic hydroxyl groups is 1. The SMILES string of the molecule is Cc1ccc2c(c1)N(C(C)O)CC=C2. The minimum Gasteiger partial charge on any atom is -0.374 e. The standard InChI is InChI=1S/C12H15NO/c1-9-5-6-11-4-3-7-13(10(2)14)12(11)8-9/h3-6,8,10,14H,7H2,1-2H3. The molecule has 0 spiro atoms. The molecule has 0 saturated heterocycles. The van der Waals surface area contributed by atoms with Crippen LogP contribution in [0.2, 0.25) is 0 Å². The summed E-state index contributed by atoms with van der Waals surface area (Å²) >= 11 is 0. The van der Waals surface area contributed by atoms with E-state index in [1.165, 1.54) is 11.1 Å². The van der Waals surface area contributed by atoms with E-state index in [-0.39, 0.29) is 0 Å². The Balaban J connectivity index is 2.47. The van der Waals surface area contributed by atoms with Crippen LogP contribution < -0.4 is 4.90 Å². The predicted octanol–water partition coefficient (Wildman–Crippen LogP) is 2.17. The fourth-order valence-electron chi connectivity index (χ4n) is 1.79. The van der Waals surface area contributed by atoms with Gasteiger partial charge in [-0.25, -0.2) is 0 Å². The van der Waals surface area contributed by atoms with Crippen LogP contribution in [0.15, 0.2) is 24.3 Å². The first-order valence-electron chi connectivity index (χ1n) is 4.90. The Kier molecular flexibility index (Phi) is 2.30. The number of hydrogen-bond donors (Lipinski definition) is 1. The van der Waals surface area contributed by atoms with Crippen LogP contribution in [-0.4, -0.2) is 17.9 Å². The lowest BCUT2D eigenvalue weighted by atomic mass is 10.1. The van der Waals surface area contributed by atoms with Crippen molar-refractivity contribution in [3.63, 3.8) is 0 Å². The van der Waals surface area contributed by atoms with Crippen molar-refractivity contribution in [3.05, 3.63) is 35.4 Å². The molecule has 1 aromatic carbocycles. The highest BCUT2D eigenvalue weighted by Gasteiger charge is 2.16. The number of fused-ring (bicyclic) bond motifs is 1. The average Bonchev–Trinajstić information content (AvgIpc) is 2.16. The third kappa shape index (κ3) is 1.53. The molecule has 2 heteroatoms. The van der Waals surface area contributed by atoms with E-state index in [2.05, 4.69) is 37.3 Å². The van der Waals surface area contributed by atoms with Crippen LogP contribution in [-0.2, 0) is 0 Å². The predicted molar refractivity (Wildman–Crippen MR) is 59.2 cm³/mol. The second-order valence-corrected chi connectivity index (χ2v) is 3.75. The van der Waals surface area contributed by atoms with Crippen LogP contribution in [0.4, 0.5) is 5.69 Å². The highest BCUT2D eigenvalue weighted by atomic mass is 16.3. The van der Waals surface area contributed by atoms with Gasteiger partial charge in [0.05, 0.1) is 0 Å². The Labute approximate surface area is 84.5 Å². The molecule has 1 heterocycles. The molecule has 0 aliphatic carbocycles. The van der Waals surface area contributed by atoms with Crippen molar-refractivity contribution in [3.8, 4) is 0 Å². The summed E-state index contributed by atoms with van der Waals surface area (Å²) in [6.45, 7) is 4.65. The first-order chi connectivity index (χ1) is 6.68. The van der Waals surface area contributed by atoms with Crippen LogP contribution in [0, 0.1) is 6.92 Å². The lowest BCUT2D eigenvalue weighted by Crippen LogP contribution is -2.34. The van der Waals surface area contributed by atoms with Crippen LogP contribution in [0.1, 0.15) is 18.1 Å². The van der Waals surface area contributed by atoms with Gasteiger partial charge in [-0.15, -0.1) is 0 Å². The van der Waals surface area contributed by atoms with Gasteiger partial charge in [0.2, 0.25) is 0 Å². The van der Waals surface area contributed by atoms with E-state index in [9.17, 15) is 5.11 Å². The Morgan fingerprint density at radius 1 is 1.43 bits per heavy atom. The maximum absolute atomic E-state index is 9.61. The zero-order chi connectivity index (χ0) is 10.1. The minimum atomic E-state index is -0.430. The Bertz CT molecular complexity index is 369. The molecule has 0 saturated carbocycles. The minimum absolute atomic E-state index is 0.430. The molecular weight excluding hydrogens is 174 g/mol. The van der Waals surface area contributed by atoms with Gasteiger partial charge in [-0.3, -0.25) is 0 Å². The lowest BCUT2D eigenvalue weighted by Gasteiger charge is -2.30. The molecule has 2 rings (SSSR count). The maximum atomic E-state index is 9.61. The number of nitrogens with zero attached hydrogens (tertiary/aromatic N) is 1. The van der Waals surface area contributed by atoms with Gasteiger partial charge in [0.25, 0.3) is 0 Å². The third-order valence-electron chi connectivity index (χ3n) is 2.55. The van der Waals surface area contributed by atoms with Gasteiger partial charge >= 0.3 is 0 Å². The van der Waals surface area contributed by atoms with E-state index < -0.39 is 6.23 Å². The smallest absolute Gasteiger partial charge is 0.124 e. The molecule has 74 valence electrons. The third-order valence-corrected chi connectivity index (χ3v) is 2.55. The monoisotopic (exact) mass is 189 g/mol. The average molecular weight is 189 g/mol. The van der Waals surface area contributed by atoms with E-state index in [1.807, 2.05) is 4.90 Å². The number of anilines is 1. The Morgan fingerprint density at radius 3 is 2.93 bits per heavy atom. The largest absolute Gasteiger partial charge is 0.374 e. The van der Waals surface area contributed by atoms with Gasteiger partial charge < -0.3 is 10.0 Å². The summed E-state index contributed by atoms with van der Waals surface area (Å²) in [4.78, 5) is 1.99. The van der Waals surface area contributed by atoms with Crippen molar-refractivity contribution in [1.82, 2.24) is 0 Å². The van der Waals surface area contributed by atoms with Gasteiger partial charge in [-0.1, -0.05) is 24.3 Å². The van der Waals surface area contributed by atoms with Crippen LogP contribution in [0.5, 0.6) is 0 Å². The van der Waals surface area contributed by atoms with Crippen molar-refractivity contribution in [2.75, 3.05) is 11.4 Å². The van der Waals surface area contributed by atoms with Crippen LogP contribution in [0.25, 0.3) is 6.08 Å². The van der Waals surface area contributed by atoms with E-state index in [1.54, 1.807) is 6.92 Å². The molecule has 1 N–H and O–H groups in total. The van der Waals surface area contributed by atoms with Crippen LogP contribution >= 0.6 is 0 Å². The molecule has 1 unspecified atom stereocenters. The molecule has 0 radical (unpaired) electrons. The molecule has 1 aliphatic rings. The lowest BCUT2D eigenvalue weighted by molar-refractivity contribution is 0.191. The van der Waals surface area contributed by atoms with Crippen molar-refractivity contribution in [2.45, 2.75) is 20.1 Å². The Hall–Kier alpha value is -1.28. The first-order valence-corrected chi connectivity index (χ1v) is 4.90. The van der Waals surface area contributed by atoms with E-state index >= 15 is 0 Å². The molecule has 0 bridgehead atoms. The van der Waals surface area contributed by atoms with Gasteiger partial charge in [-0.2, -0.15) is 0 Å². The normalized spacial score (nSPS) is 16.6. The summed E-state index contributed by atoms with van der Waals surface area (Å²) in [7, 11) is 0. The Morgan fingerprint density at radius 2 is 2.21 bits per heavy atom. The molecule has 0 aromatic heterocycles. The van der Waals surface area contributed by atoms with Crippen molar-refractivity contribution >= 4 is 11.8 Å². The number of hydrogen-bond acceptors (Lipinski definition) is 2. The van der Waals surface area contributed by atoms with E-state index in [0.29, 0.717) is 0 Å². The van der Waals surface area contributed by atoms with Gasteiger partial charge in [0.15, 0.2) is 0 Å². The highest BCUT2D eigenvalue weighted by Crippen LogP contribution is 2.27. The molecule has 0 amide bonds. The maximum Gasteiger partial charge on any atom is 0.124 e. The molecule has 1 atom stereocenters. The van der Waals surface area contributed by atoms with Crippen molar-refractivity contribution in [2.24, 2.45) is 0 Å². The fourth-order valence-corrected chi connectivity index (χ4v) is 1.79. The van der Waals surface area contributed by atoms with Gasteiger partial charge in [-0.05, 0) is 31.0 Å². The zero-order valence-corrected chi connectivity index (χ0v) is 8.57. The summed E-state index contributed by atoms with van der Waals surface area (Å²) in [5.41, 5.74) is 3.54. The van der Waals surface area contributed by atoms with Crippen molar-refractivity contribution in [1.29, 1.82) is 0 Å². The quantitative estimate of drug-likeness (QED) is 0.731. The summed E-state index contributed by atoms with van der Waals surface area (Å²) in [6.07, 6.45) is 3.75. The van der Waals surface area contributed by atoms with E-state index in [0.717, 1.165) is 12.2 Å². The fraction of sp³-hybridized carbons (Fsp3) is 0.333. The highest BCUT2D eigenvalue weighted by molar-refractivity contribution is 5.72. The number of aryl methyl sites for hydroxylation is 1. The van der Waals surface area contributed by atoms with Crippen LogP contribution in [0.3, 0.4) is 0 Å². The summed E-state index contributed by atoms with van der Waals surface area (Å²) < 4.78 is 0. The molecular formula is C12H15NO. The summed E-state index contributed by atoms with van der Waals surface area (Å²) in [5.74, 6) is 0. The molecule has 2 nitrogen and oxygen atoms in total. The first kappa shape index (κ1) is 9.28. The summed E-state index contributed by atoms with van der Waals surface area (Å²) in [6, 6.07) is 6.30. The van der Waals surface area contributed by atoms with Gasteiger partial charge in [0, 0.05) is 12.2 Å². The zero-order valence-electron chi connectivity index (χ0n) is 8.57. The molecule has 0 fully saturated rings. The topological polar surface area (TPSA) is 23.5 Å².